The van der Waals surface area contributed by atoms with Crippen LogP contribution < -0.4 is 0 Å². The van der Waals surface area contributed by atoms with Gasteiger partial charge in [0.1, 0.15) is 6.10 Å². The minimum atomic E-state index is -0.340. The van der Waals surface area contributed by atoms with E-state index in [0.29, 0.717) is 29.6 Å². The zero-order valence-electron chi connectivity index (χ0n) is 32.8. The van der Waals surface area contributed by atoms with Crippen molar-refractivity contribution in [1.82, 2.24) is 0 Å². The summed E-state index contributed by atoms with van der Waals surface area (Å²) in [6, 6.07) is 0. The maximum absolute atomic E-state index is 12.8. The molecule has 0 amide bonds. The van der Waals surface area contributed by atoms with Crippen molar-refractivity contribution in [3.05, 3.63) is 11.6 Å². The third-order valence-electron chi connectivity index (χ3n) is 14.6. The number of hydrogen-bond acceptors (Lipinski definition) is 3. The molecule has 3 fully saturated rings. The first-order chi connectivity index (χ1) is 23.1. The lowest BCUT2D eigenvalue weighted by molar-refractivity contribution is -0.152. The summed E-state index contributed by atoms with van der Waals surface area (Å²) in [6.07, 6.45) is 34.8. The Morgan fingerprint density at radius 2 is 1.38 bits per heavy atom. The average molecular weight is 669 g/mol. The zero-order chi connectivity index (χ0) is 34.6. The molecule has 48 heavy (non-hydrogen) atoms. The van der Waals surface area contributed by atoms with Crippen LogP contribution in [-0.4, -0.2) is 23.3 Å². The van der Waals surface area contributed by atoms with Gasteiger partial charge in [0.25, 0.3) is 0 Å². The van der Waals surface area contributed by atoms with E-state index in [1.807, 2.05) is 0 Å². The van der Waals surface area contributed by atoms with Gasteiger partial charge < -0.3 is 9.84 Å². The summed E-state index contributed by atoms with van der Waals surface area (Å²) >= 11 is 0. The number of unbranched alkanes of at least 4 members (excludes halogenated alkanes) is 14. The molecule has 4 aliphatic carbocycles. The molecule has 4 rings (SSSR count). The molecule has 0 spiro atoms. The van der Waals surface area contributed by atoms with Gasteiger partial charge >= 0.3 is 5.97 Å². The molecule has 3 nitrogen and oxygen atoms in total. The van der Waals surface area contributed by atoms with Crippen LogP contribution in [0.2, 0.25) is 0 Å². The summed E-state index contributed by atoms with van der Waals surface area (Å²) in [6.45, 7) is 14.6. The van der Waals surface area contributed by atoms with Gasteiger partial charge in [0, 0.05) is 12.8 Å². The van der Waals surface area contributed by atoms with Gasteiger partial charge in [-0.3, -0.25) is 4.79 Å². The van der Waals surface area contributed by atoms with Crippen LogP contribution in [0.4, 0.5) is 0 Å². The highest BCUT2D eigenvalue weighted by Crippen LogP contribution is 2.67. The second-order valence-corrected chi connectivity index (χ2v) is 18.5. The number of ether oxygens (including phenoxy) is 1. The maximum atomic E-state index is 12.8. The normalized spacial score (nSPS) is 33.5. The van der Waals surface area contributed by atoms with Gasteiger partial charge in [-0.25, -0.2) is 0 Å². The Hall–Kier alpha value is -0.830. The minimum absolute atomic E-state index is 0.000996. The molecule has 0 heterocycles. The van der Waals surface area contributed by atoms with E-state index in [1.54, 1.807) is 0 Å². The summed E-state index contributed by atoms with van der Waals surface area (Å²) in [5.74, 6) is 4.01. The highest BCUT2D eigenvalue weighted by Gasteiger charge is 2.61. The van der Waals surface area contributed by atoms with Gasteiger partial charge in [-0.2, -0.15) is 0 Å². The highest BCUT2D eigenvalue weighted by molar-refractivity contribution is 5.69. The molecule has 3 saturated carbocycles. The molecule has 3 heteroatoms. The van der Waals surface area contributed by atoms with Gasteiger partial charge in [0.05, 0.1) is 6.10 Å². The van der Waals surface area contributed by atoms with Crippen molar-refractivity contribution in [2.75, 3.05) is 0 Å². The standard InChI is InChI=1S/C45H80O3/c1-7-8-9-10-11-12-13-14-15-16-17-18-19-20-21-25-42(47)48-37-28-30-44(5)36(32-37)33-41(46)43-39-27-26-38(35(4)24-22-23-34(2)3)45(39,6)31-29-40(43)44/h33-35,37-41,43,46H,7-32H2,1-6H3/t35-,37+,38-,39+,40+,41-,43+,44+,45-/m1/s1. The largest absolute Gasteiger partial charge is 0.462 e. The lowest BCUT2D eigenvalue weighted by Gasteiger charge is -2.59. The van der Waals surface area contributed by atoms with Crippen molar-refractivity contribution in [3.63, 3.8) is 0 Å². The van der Waals surface area contributed by atoms with E-state index >= 15 is 0 Å². The van der Waals surface area contributed by atoms with Crippen LogP contribution in [0, 0.1) is 46.3 Å². The predicted molar refractivity (Wildman–Crippen MR) is 204 cm³/mol. The first-order valence-electron chi connectivity index (χ1n) is 21.7. The van der Waals surface area contributed by atoms with E-state index in [2.05, 4.69) is 47.6 Å². The number of aliphatic hydroxyl groups excluding tert-OH is 1. The summed E-state index contributed by atoms with van der Waals surface area (Å²) < 4.78 is 6.09. The topological polar surface area (TPSA) is 46.5 Å². The molecule has 0 saturated heterocycles. The van der Waals surface area contributed by atoms with Gasteiger partial charge in [0.2, 0.25) is 0 Å². The van der Waals surface area contributed by atoms with Crippen LogP contribution in [0.15, 0.2) is 11.6 Å². The molecule has 0 radical (unpaired) electrons. The Bertz CT molecular complexity index is 969. The van der Waals surface area contributed by atoms with Gasteiger partial charge in [-0.15, -0.1) is 0 Å². The number of aliphatic hydroxyl groups is 1. The molecule has 278 valence electrons. The quantitative estimate of drug-likeness (QED) is 0.0709. The predicted octanol–water partition coefficient (Wildman–Crippen LogP) is 13.2. The summed E-state index contributed by atoms with van der Waals surface area (Å²) in [5, 5.41) is 11.7. The van der Waals surface area contributed by atoms with Crippen molar-refractivity contribution in [2.45, 2.75) is 221 Å². The molecular weight excluding hydrogens is 588 g/mol. The fourth-order valence-corrected chi connectivity index (χ4v) is 11.6. The molecule has 0 aliphatic heterocycles. The summed E-state index contributed by atoms with van der Waals surface area (Å²) in [7, 11) is 0. The third kappa shape index (κ3) is 10.6. The van der Waals surface area contributed by atoms with Crippen LogP contribution in [-0.2, 0) is 9.53 Å². The van der Waals surface area contributed by atoms with Crippen LogP contribution in [0.25, 0.3) is 0 Å². The number of carbonyl (C=O) groups is 1. The lowest BCUT2D eigenvalue weighted by atomic mass is 9.46. The Labute approximate surface area is 298 Å². The first-order valence-corrected chi connectivity index (χ1v) is 21.7. The molecule has 4 aliphatic rings. The Balaban J connectivity index is 1.13. The molecule has 0 unspecified atom stereocenters. The van der Waals surface area contributed by atoms with Crippen molar-refractivity contribution in [2.24, 2.45) is 46.3 Å². The summed E-state index contributed by atoms with van der Waals surface area (Å²) in [4.78, 5) is 12.8. The number of rotatable bonds is 22. The van der Waals surface area contributed by atoms with E-state index < -0.39 is 0 Å². The number of esters is 1. The van der Waals surface area contributed by atoms with Crippen molar-refractivity contribution in [1.29, 1.82) is 0 Å². The Morgan fingerprint density at radius 3 is 1.98 bits per heavy atom. The SMILES string of the molecule is CCCCCCCCCCCCCCCCCC(=O)O[C@H]1CC[C@@]2(C)C(=C[C@@H](O)[C@H]3[C@@H]4CC[C@H]([C@H](C)CCCC(C)C)[C@@]4(C)CC[C@@H]32)C1. The van der Waals surface area contributed by atoms with Crippen LogP contribution in [0.1, 0.15) is 208 Å². The van der Waals surface area contributed by atoms with Crippen LogP contribution >= 0.6 is 0 Å². The molecule has 0 aromatic heterocycles. The molecule has 0 aromatic carbocycles. The minimum Gasteiger partial charge on any atom is -0.462 e. The number of carbonyl (C=O) groups excluding carboxylic acids is 1. The lowest BCUT2D eigenvalue weighted by Crippen LogP contribution is -2.55. The third-order valence-corrected chi connectivity index (χ3v) is 14.6. The van der Waals surface area contributed by atoms with E-state index in [-0.39, 0.29) is 23.6 Å². The van der Waals surface area contributed by atoms with Gasteiger partial charge in [-0.05, 0) is 91.3 Å². The highest BCUT2D eigenvalue weighted by atomic mass is 16.5. The van der Waals surface area contributed by atoms with Gasteiger partial charge in [-0.1, -0.05) is 162 Å². The smallest absolute Gasteiger partial charge is 0.306 e. The fraction of sp³-hybridized carbons (Fsp3) is 0.933. The molecule has 9 atom stereocenters. The Morgan fingerprint density at radius 1 is 0.771 bits per heavy atom. The zero-order valence-corrected chi connectivity index (χ0v) is 32.8. The van der Waals surface area contributed by atoms with E-state index in [1.165, 1.54) is 134 Å². The van der Waals surface area contributed by atoms with Crippen molar-refractivity contribution < 1.29 is 14.6 Å². The van der Waals surface area contributed by atoms with E-state index in [9.17, 15) is 9.90 Å². The van der Waals surface area contributed by atoms with Crippen molar-refractivity contribution in [3.8, 4) is 0 Å². The molecule has 0 aromatic rings. The molecule has 1 N–H and O–H groups in total. The number of hydrogen-bond donors (Lipinski definition) is 1. The number of fused-ring (bicyclic) bond motifs is 5. The second-order valence-electron chi connectivity index (χ2n) is 18.5. The summed E-state index contributed by atoms with van der Waals surface area (Å²) in [5.41, 5.74) is 1.93. The van der Waals surface area contributed by atoms with Crippen LogP contribution in [0.5, 0.6) is 0 Å². The second kappa shape index (κ2) is 19.7. The fourth-order valence-electron chi connectivity index (χ4n) is 11.6. The van der Waals surface area contributed by atoms with Crippen molar-refractivity contribution >= 4 is 5.97 Å². The first kappa shape index (κ1) is 39.9. The maximum Gasteiger partial charge on any atom is 0.306 e. The average Bonchev–Trinajstić information content (AvgIpc) is 3.40. The van der Waals surface area contributed by atoms with Crippen LogP contribution in [0.3, 0.4) is 0 Å². The molecular formula is C45H80O3. The molecule has 0 bridgehead atoms. The monoisotopic (exact) mass is 669 g/mol. The van der Waals surface area contributed by atoms with E-state index in [0.717, 1.165) is 49.9 Å². The van der Waals surface area contributed by atoms with Gasteiger partial charge in [0.15, 0.2) is 0 Å². The Kier molecular flexibility index (Phi) is 16.4. The van der Waals surface area contributed by atoms with E-state index in [4.69, 9.17) is 4.74 Å².